The second-order valence-corrected chi connectivity index (χ2v) is 9.98. The lowest BCUT2D eigenvalue weighted by atomic mass is 9.95. The number of rotatable bonds is 5. The van der Waals surface area contributed by atoms with Crippen molar-refractivity contribution in [1.82, 2.24) is 14.5 Å². The van der Waals surface area contributed by atoms with E-state index in [1.807, 2.05) is 13.8 Å². The van der Waals surface area contributed by atoms with Crippen molar-refractivity contribution in [3.63, 3.8) is 0 Å². The summed E-state index contributed by atoms with van der Waals surface area (Å²) in [4.78, 5) is 26.8. The van der Waals surface area contributed by atoms with Crippen molar-refractivity contribution in [1.29, 1.82) is 0 Å². The van der Waals surface area contributed by atoms with Crippen molar-refractivity contribution in [3.8, 4) is 0 Å². The van der Waals surface area contributed by atoms with E-state index in [0.29, 0.717) is 36.9 Å². The van der Waals surface area contributed by atoms with Gasteiger partial charge in [-0.2, -0.15) is 0 Å². The first-order valence-electron chi connectivity index (χ1n) is 9.65. The fourth-order valence-corrected chi connectivity index (χ4v) is 4.34. The monoisotopic (exact) mass is 421 g/mol. The average Bonchev–Trinajstić information content (AvgIpc) is 3.10. The second kappa shape index (κ2) is 8.16. The van der Waals surface area contributed by atoms with Crippen molar-refractivity contribution in [2.75, 3.05) is 27.2 Å². The molecule has 0 aliphatic carbocycles. The van der Waals surface area contributed by atoms with Crippen molar-refractivity contribution < 1.29 is 22.4 Å². The van der Waals surface area contributed by atoms with Crippen molar-refractivity contribution in [2.24, 2.45) is 5.92 Å². The van der Waals surface area contributed by atoms with Gasteiger partial charge in [-0.1, -0.05) is 0 Å². The zero-order valence-corrected chi connectivity index (χ0v) is 18.0. The lowest BCUT2D eigenvalue weighted by molar-refractivity contribution is -0.126. The molecule has 0 radical (unpaired) electrons. The number of carbonyl (C=O) groups excluding carboxylic acids is 2. The van der Waals surface area contributed by atoms with E-state index in [4.69, 9.17) is 4.42 Å². The summed E-state index contributed by atoms with van der Waals surface area (Å²) in [6.07, 6.45) is 1.21. The summed E-state index contributed by atoms with van der Waals surface area (Å²) in [5, 5.41) is 3.48. The normalized spacial score (nSPS) is 16.0. The van der Waals surface area contributed by atoms with Gasteiger partial charge in [0.05, 0.1) is 4.90 Å². The molecule has 1 aromatic carbocycles. The molecule has 2 amide bonds. The molecule has 0 atom stereocenters. The standard InChI is InChI=1S/C20H27N3O5S/c1-13(2)21-19(24)14-7-9-23(10-8-14)20(25)18-12-15-11-16(5-6-17(15)28-18)29(26,27)22(3)4/h5-6,11-14H,7-10H2,1-4H3,(H,21,24). The lowest BCUT2D eigenvalue weighted by Gasteiger charge is -2.31. The molecule has 0 spiro atoms. The predicted octanol–water partition coefficient (Wildman–Crippen LogP) is 2.06. The van der Waals surface area contributed by atoms with Crippen LogP contribution < -0.4 is 5.32 Å². The van der Waals surface area contributed by atoms with Gasteiger partial charge in [-0.25, -0.2) is 12.7 Å². The Morgan fingerprint density at radius 2 is 1.83 bits per heavy atom. The van der Waals surface area contributed by atoms with Gasteiger partial charge in [-0.15, -0.1) is 0 Å². The molecule has 1 aliphatic rings. The number of hydrogen-bond acceptors (Lipinski definition) is 5. The van der Waals surface area contributed by atoms with Crippen molar-refractivity contribution >= 4 is 32.8 Å². The first-order valence-corrected chi connectivity index (χ1v) is 11.1. The molecule has 1 N–H and O–H groups in total. The Morgan fingerprint density at radius 3 is 2.41 bits per heavy atom. The van der Waals surface area contributed by atoms with E-state index in [2.05, 4.69) is 5.32 Å². The maximum absolute atomic E-state index is 12.8. The predicted molar refractivity (Wildman–Crippen MR) is 109 cm³/mol. The minimum absolute atomic E-state index is 0.0328. The van der Waals surface area contributed by atoms with Crippen LogP contribution in [0.1, 0.15) is 37.2 Å². The molecule has 0 saturated carbocycles. The van der Waals surface area contributed by atoms with Crippen LogP contribution in [0.25, 0.3) is 11.0 Å². The molecule has 1 aliphatic heterocycles. The molecule has 1 fully saturated rings. The largest absolute Gasteiger partial charge is 0.451 e. The molecule has 0 bridgehead atoms. The second-order valence-electron chi connectivity index (χ2n) is 7.83. The number of amides is 2. The smallest absolute Gasteiger partial charge is 0.289 e. The number of hydrogen-bond donors (Lipinski definition) is 1. The molecule has 9 heteroatoms. The Hall–Kier alpha value is -2.39. The Kier molecular flexibility index (Phi) is 6.00. The van der Waals surface area contributed by atoms with Crippen LogP contribution in [0.2, 0.25) is 0 Å². The first kappa shape index (κ1) is 21.3. The number of fused-ring (bicyclic) bond motifs is 1. The number of piperidine rings is 1. The van der Waals surface area contributed by atoms with E-state index < -0.39 is 10.0 Å². The van der Waals surface area contributed by atoms with Crippen molar-refractivity contribution in [2.45, 2.75) is 37.6 Å². The Bertz CT molecular complexity index is 1020. The zero-order chi connectivity index (χ0) is 21.3. The van der Waals surface area contributed by atoms with Gasteiger partial charge in [0.25, 0.3) is 5.91 Å². The summed E-state index contributed by atoms with van der Waals surface area (Å²) in [6.45, 7) is 4.80. The fraction of sp³-hybridized carbons (Fsp3) is 0.500. The average molecular weight is 422 g/mol. The number of furan rings is 1. The molecule has 3 rings (SSSR count). The van der Waals surface area contributed by atoms with Gasteiger partial charge >= 0.3 is 0 Å². The van der Waals surface area contributed by atoms with Gasteiger partial charge < -0.3 is 14.6 Å². The van der Waals surface area contributed by atoms with Crippen LogP contribution in [-0.4, -0.2) is 62.7 Å². The molecule has 29 heavy (non-hydrogen) atoms. The number of nitrogens with one attached hydrogen (secondary N) is 1. The van der Waals surface area contributed by atoms with Crippen LogP contribution in [0.3, 0.4) is 0 Å². The van der Waals surface area contributed by atoms with Crippen molar-refractivity contribution in [3.05, 3.63) is 30.0 Å². The Labute approximate surface area is 170 Å². The van der Waals surface area contributed by atoms with Crippen LogP contribution in [0.5, 0.6) is 0 Å². The van der Waals surface area contributed by atoms with E-state index >= 15 is 0 Å². The number of nitrogens with zero attached hydrogens (tertiary/aromatic N) is 2. The molecule has 2 aromatic rings. The molecular formula is C20H27N3O5S. The Morgan fingerprint density at radius 1 is 1.17 bits per heavy atom. The molecule has 1 aromatic heterocycles. The van der Waals surface area contributed by atoms with Gasteiger partial charge in [0.15, 0.2) is 5.76 Å². The zero-order valence-electron chi connectivity index (χ0n) is 17.1. The number of sulfonamides is 1. The molecule has 8 nitrogen and oxygen atoms in total. The van der Waals surface area contributed by atoms with Crippen LogP contribution in [-0.2, 0) is 14.8 Å². The maximum atomic E-state index is 12.8. The van der Waals surface area contributed by atoms with E-state index in [1.54, 1.807) is 17.0 Å². The number of benzene rings is 1. The van der Waals surface area contributed by atoms with Gasteiger partial charge in [0.1, 0.15) is 5.58 Å². The van der Waals surface area contributed by atoms with Gasteiger partial charge in [-0.3, -0.25) is 9.59 Å². The third-order valence-corrected chi connectivity index (χ3v) is 6.87. The fourth-order valence-electron chi connectivity index (χ4n) is 3.40. The highest BCUT2D eigenvalue weighted by atomic mass is 32.2. The van der Waals surface area contributed by atoms with Crippen LogP contribution >= 0.6 is 0 Å². The van der Waals surface area contributed by atoms with Gasteiger partial charge in [-0.05, 0) is 51.0 Å². The minimum Gasteiger partial charge on any atom is -0.451 e. The Balaban J connectivity index is 1.73. The first-order chi connectivity index (χ1) is 13.6. The van der Waals surface area contributed by atoms with E-state index in [-0.39, 0.29) is 34.4 Å². The van der Waals surface area contributed by atoms with Crippen LogP contribution in [0.15, 0.2) is 33.6 Å². The summed E-state index contributed by atoms with van der Waals surface area (Å²) < 4.78 is 31.4. The van der Waals surface area contributed by atoms with E-state index in [0.717, 1.165) is 4.31 Å². The molecule has 158 valence electrons. The van der Waals surface area contributed by atoms with Gasteiger partial charge in [0.2, 0.25) is 15.9 Å². The molecule has 0 unspecified atom stereocenters. The summed E-state index contributed by atoms with van der Waals surface area (Å²) in [5.74, 6) is -0.133. The van der Waals surface area contributed by atoms with Crippen LogP contribution in [0.4, 0.5) is 0 Å². The highest BCUT2D eigenvalue weighted by Crippen LogP contribution is 2.26. The number of likely N-dealkylation sites (tertiary alicyclic amines) is 1. The number of carbonyl (C=O) groups is 2. The summed E-state index contributed by atoms with van der Waals surface area (Å²) in [5.41, 5.74) is 0.456. The van der Waals surface area contributed by atoms with Gasteiger partial charge in [0, 0.05) is 44.5 Å². The topological polar surface area (TPSA) is 99.9 Å². The maximum Gasteiger partial charge on any atom is 0.289 e. The van der Waals surface area contributed by atoms with E-state index in [9.17, 15) is 18.0 Å². The quantitative estimate of drug-likeness (QED) is 0.797. The molecule has 1 saturated heterocycles. The highest BCUT2D eigenvalue weighted by Gasteiger charge is 2.29. The minimum atomic E-state index is -3.56. The summed E-state index contributed by atoms with van der Waals surface area (Å²) in [7, 11) is -0.630. The van der Waals surface area contributed by atoms with E-state index in [1.165, 1.54) is 26.2 Å². The lowest BCUT2D eigenvalue weighted by Crippen LogP contribution is -2.44. The summed E-state index contributed by atoms with van der Waals surface area (Å²) in [6, 6.07) is 6.20. The SMILES string of the molecule is CC(C)NC(=O)C1CCN(C(=O)c2cc3cc(S(=O)(=O)N(C)C)ccc3o2)CC1. The molecule has 2 heterocycles. The molecular weight excluding hydrogens is 394 g/mol. The third-order valence-electron chi connectivity index (χ3n) is 5.06. The summed E-state index contributed by atoms with van der Waals surface area (Å²) >= 11 is 0. The third kappa shape index (κ3) is 4.45. The highest BCUT2D eigenvalue weighted by molar-refractivity contribution is 7.89. The van der Waals surface area contributed by atoms with Crippen LogP contribution in [0, 0.1) is 5.92 Å².